The van der Waals surface area contributed by atoms with E-state index in [0.717, 1.165) is 5.56 Å². The molecule has 1 heterocycles. The molecule has 1 saturated heterocycles. The fourth-order valence-electron chi connectivity index (χ4n) is 5.04. The second-order valence-electron chi connectivity index (χ2n) is 13.1. The van der Waals surface area contributed by atoms with Gasteiger partial charge in [0, 0.05) is 6.42 Å². The molecule has 0 unspecified atom stereocenters. The molecular weight excluding hydrogens is 534 g/mol. The molecule has 0 saturated carbocycles. The van der Waals surface area contributed by atoms with Crippen molar-refractivity contribution in [3.63, 3.8) is 0 Å². The molecule has 0 spiro atoms. The van der Waals surface area contributed by atoms with Crippen molar-refractivity contribution >= 4 is 29.5 Å². The standard InChI is InChI=1S/C32H51N5O5/c1-18(2)14-23-28(38)34-25(16-20(5)6)31(41)37-27(21(7)8)32(42)36-24(15-19(3)4)29(39)35-26(30(40)33-23)17-22-12-10-9-11-13-22/h9-13,18-21,23-27H,14-17H2,1-8H3,(H,33,40)(H,34,38)(H,35,39)(H,36,42)(H,37,41)/t23-,24+,25-,26-,27+/m0/s1. The van der Waals surface area contributed by atoms with Gasteiger partial charge in [-0.15, -0.1) is 0 Å². The second-order valence-corrected chi connectivity index (χ2v) is 13.1. The Kier molecular flexibility index (Phi) is 13.5. The van der Waals surface area contributed by atoms with Crippen LogP contribution in [0.4, 0.5) is 0 Å². The molecule has 0 radical (unpaired) electrons. The summed E-state index contributed by atoms with van der Waals surface area (Å²) in [4.78, 5) is 68.0. The Hall–Kier alpha value is -3.43. The second kappa shape index (κ2) is 16.3. The molecule has 0 aromatic heterocycles. The van der Waals surface area contributed by atoms with E-state index < -0.39 is 59.7 Å². The first kappa shape index (κ1) is 34.8. The van der Waals surface area contributed by atoms with Gasteiger partial charge in [0.1, 0.15) is 30.2 Å². The minimum Gasteiger partial charge on any atom is -0.343 e. The third-order valence-corrected chi connectivity index (χ3v) is 7.18. The largest absolute Gasteiger partial charge is 0.343 e. The quantitative estimate of drug-likeness (QED) is 0.302. The van der Waals surface area contributed by atoms with Gasteiger partial charge in [0.25, 0.3) is 0 Å². The molecule has 5 amide bonds. The van der Waals surface area contributed by atoms with E-state index in [1.807, 2.05) is 85.7 Å². The molecule has 42 heavy (non-hydrogen) atoms. The SMILES string of the molecule is CC(C)C[C@@H]1NC(=O)[C@H](Cc2ccccc2)NC(=O)[C@@H](CC(C)C)NC(=O)[C@@H](C(C)C)NC(=O)[C@H](CC(C)C)NC1=O. The van der Waals surface area contributed by atoms with E-state index in [1.54, 1.807) is 0 Å². The highest BCUT2D eigenvalue weighted by atomic mass is 16.2. The van der Waals surface area contributed by atoms with Crippen LogP contribution in [0, 0.1) is 23.7 Å². The Balaban J connectivity index is 2.59. The molecule has 10 heteroatoms. The van der Waals surface area contributed by atoms with Gasteiger partial charge in [-0.2, -0.15) is 0 Å². The lowest BCUT2D eigenvalue weighted by Gasteiger charge is -2.28. The van der Waals surface area contributed by atoms with Crippen LogP contribution in [0.3, 0.4) is 0 Å². The van der Waals surface area contributed by atoms with Gasteiger partial charge >= 0.3 is 0 Å². The number of nitrogens with one attached hydrogen (secondary N) is 5. The third-order valence-electron chi connectivity index (χ3n) is 7.18. The van der Waals surface area contributed by atoms with Gasteiger partial charge in [-0.1, -0.05) is 85.7 Å². The average Bonchev–Trinajstić information content (AvgIpc) is 2.89. The Labute approximate surface area is 250 Å². The molecule has 234 valence electrons. The van der Waals surface area contributed by atoms with Gasteiger partial charge in [-0.05, 0) is 48.5 Å². The minimum atomic E-state index is -0.994. The number of rotatable bonds is 9. The fourth-order valence-corrected chi connectivity index (χ4v) is 5.04. The summed E-state index contributed by atoms with van der Waals surface area (Å²) in [5.74, 6) is -2.57. The maximum atomic E-state index is 13.7. The summed E-state index contributed by atoms with van der Waals surface area (Å²) >= 11 is 0. The first-order valence-corrected chi connectivity index (χ1v) is 15.2. The van der Waals surface area contributed by atoms with E-state index in [4.69, 9.17) is 0 Å². The Morgan fingerprint density at radius 1 is 0.500 bits per heavy atom. The lowest BCUT2D eigenvalue weighted by atomic mass is 9.98. The van der Waals surface area contributed by atoms with E-state index in [2.05, 4.69) is 26.6 Å². The van der Waals surface area contributed by atoms with Crippen molar-refractivity contribution in [1.82, 2.24) is 26.6 Å². The first-order chi connectivity index (χ1) is 19.7. The molecule has 10 nitrogen and oxygen atoms in total. The maximum absolute atomic E-state index is 13.7. The van der Waals surface area contributed by atoms with Crippen molar-refractivity contribution in [1.29, 1.82) is 0 Å². The topological polar surface area (TPSA) is 146 Å². The molecule has 1 aromatic rings. The number of benzene rings is 1. The highest BCUT2D eigenvalue weighted by Crippen LogP contribution is 2.14. The van der Waals surface area contributed by atoms with E-state index in [-0.39, 0.29) is 30.1 Å². The van der Waals surface area contributed by atoms with Gasteiger partial charge in [-0.25, -0.2) is 0 Å². The number of hydrogen-bond acceptors (Lipinski definition) is 5. The molecule has 1 aromatic carbocycles. The summed E-state index contributed by atoms with van der Waals surface area (Å²) in [6.45, 7) is 15.3. The molecular formula is C32H51N5O5. The highest BCUT2D eigenvalue weighted by molar-refractivity contribution is 5.98. The van der Waals surface area contributed by atoms with Crippen molar-refractivity contribution in [3.05, 3.63) is 35.9 Å². The van der Waals surface area contributed by atoms with Crippen LogP contribution in [0.5, 0.6) is 0 Å². The first-order valence-electron chi connectivity index (χ1n) is 15.2. The number of carbonyl (C=O) groups is 5. The summed E-state index contributed by atoms with van der Waals surface area (Å²) in [5, 5.41) is 14.2. The van der Waals surface area contributed by atoms with Crippen LogP contribution in [0.1, 0.15) is 80.2 Å². The van der Waals surface area contributed by atoms with Crippen LogP contribution in [-0.2, 0) is 30.4 Å². The average molecular weight is 586 g/mol. The lowest BCUT2D eigenvalue weighted by Crippen LogP contribution is -2.59. The summed E-state index contributed by atoms with van der Waals surface area (Å²) in [7, 11) is 0. The van der Waals surface area contributed by atoms with Crippen LogP contribution < -0.4 is 26.6 Å². The normalized spacial score (nSPS) is 25.0. The van der Waals surface area contributed by atoms with E-state index >= 15 is 0 Å². The molecule has 5 N–H and O–H groups in total. The van der Waals surface area contributed by atoms with Crippen molar-refractivity contribution < 1.29 is 24.0 Å². The van der Waals surface area contributed by atoms with E-state index in [1.165, 1.54) is 0 Å². The summed E-state index contributed by atoms with van der Waals surface area (Å²) in [6, 6.07) is 4.61. The summed E-state index contributed by atoms with van der Waals surface area (Å²) in [5.41, 5.74) is 0.830. The van der Waals surface area contributed by atoms with Crippen LogP contribution in [-0.4, -0.2) is 59.7 Å². The Bertz CT molecular complexity index is 1070. The number of amides is 5. The van der Waals surface area contributed by atoms with Crippen molar-refractivity contribution in [2.24, 2.45) is 23.7 Å². The van der Waals surface area contributed by atoms with Crippen LogP contribution in [0.25, 0.3) is 0 Å². The number of carbonyl (C=O) groups excluding carboxylic acids is 5. The minimum absolute atomic E-state index is 0.0595. The predicted octanol–water partition coefficient (Wildman–Crippen LogP) is 2.46. The molecule has 2 rings (SSSR count). The van der Waals surface area contributed by atoms with Crippen molar-refractivity contribution in [3.8, 4) is 0 Å². The fraction of sp³-hybridized carbons (Fsp3) is 0.656. The van der Waals surface area contributed by atoms with Gasteiger partial charge in [-0.3, -0.25) is 24.0 Å². The highest BCUT2D eigenvalue weighted by Gasteiger charge is 2.36. The van der Waals surface area contributed by atoms with Gasteiger partial charge in [0.2, 0.25) is 29.5 Å². The van der Waals surface area contributed by atoms with Gasteiger partial charge in [0.15, 0.2) is 0 Å². The molecule has 1 aliphatic heterocycles. The van der Waals surface area contributed by atoms with Gasteiger partial charge in [0.05, 0.1) is 0 Å². The lowest BCUT2D eigenvalue weighted by molar-refractivity contribution is -0.135. The molecule has 0 aliphatic carbocycles. The Morgan fingerprint density at radius 2 is 0.857 bits per heavy atom. The van der Waals surface area contributed by atoms with Crippen molar-refractivity contribution in [2.45, 2.75) is 111 Å². The smallest absolute Gasteiger partial charge is 0.243 e. The Morgan fingerprint density at radius 3 is 1.26 bits per heavy atom. The monoisotopic (exact) mass is 585 g/mol. The predicted molar refractivity (Wildman–Crippen MR) is 163 cm³/mol. The third kappa shape index (κ3) is 11.1. The van der Waals surface area contributed by atoms with E-state index in [0.29, 0.717) is 19.3 Å². The van der Waals surface area contributed by atoms with Crippen LogP contribution >= 0.6 is 0 Å². The molecule has 5 atom stereocenters. The van der Waals surface area contributed by atoms with Gasteiger partial charge < -0.3 is 26.6 Å². The summed E-state index contributed by atoms with van der Waals surface area (Å²) in [6.07, 6.45) is 1.21. The number of hydrogen-bond donors (Lipinski definition) is 5. The zero-order valence-electron chi connectivity index (χ0n) is 26.5. The summed E-state index contributed by atoms with van der Waals surface area (Å²) < 4.78 is 0. The molecule has 1 fully saturated rings. The maximum Gasteiger partial charge on any atom is 0.243 e. The zero-order valence-corrected chi connectivity index (χ0v) is 26.5. The molecule has 1 aliphatic rings. The van der Waals surface area contributed by atoms with Crippen LogP contribution in [0.15, 0.2) is 30.3 Å². The molecule has 0 bridgehead atoms. The van der Waals surface area contributed by atoms with Crippen LogP contribution in [0.2, 0.25) is 0 Å². The van der Waals surface area contributed by atoms with Crippen molar-refractivity contribution in [2.75, 3.05) is 0 Å². The van der Waals surface area contributed by atoms with E-state index in [9.17, 15) is 24.0 Å². The zero-order chi connectivity index (χ0) is 31.6.